The first-order valence-electron chi connectivity index (χ1n) is 8.25. The first-order valence-corrected chi connectivity index (χ1v) is 7.25. The molecular formula is C14H20BF2N3O2. The van der Waals surface area contributed by atoms with E-state index in [2.05, 4.69) is 9.97 Å². The predicted octanol–water partition coefficient (Wildman–Crippen LogP) is 1.62. The average molecular weight is 313 g/mol. The molecule has 1 aromatic heterocycles. The molecule has 8 heteroatoms. The summed E-state index contributed by atoms with van der Waals surface area (Å²) in [5.41, 5.74) is -1.12. The largest absolute Gasteiger partial charge is 0.498 e. The second kappa shape index (κ2) is 4.86. The molecule has 0 radical (unpaired) electrons. The van der Waals surface area contributed by atoms with Gasteiger partial charge < -0.3 is 14.2 Å². The molecule has 3 rings (SSSR count). The number of aromatic nitrogens is 2. The highest BCUT2D eigenvalue weighted by atomic mass is 19.3. The molecule has 2 saturated heterocycles. The second-order valence-corrected chi connectivity index (χ2v) is 6.78. The van der Waals surface area contributed by atoms with Gasteiger partial charge in [-0.25, -0.2) is 18.7 Å². The summed E-state index contributed by atoms with van der Waals surface area (Å²) in [6.07, 6.45) is -0.756. The van der Waals surface area contributed by atoms with Crippen molar-refractivity contribution in [3.63, 3.8) is 0 Å². The number of hydrogen-bond donors (Lipinski definition) is 0. The van der Waals surface area contributed by atoms with Crippen molar-refractivity contribution in [2.24, 2.45) is 0 Å². The van der Waals surface area contributed by atoms with Crippen molar-refractivity contribution in [1.82, 2.24) is 9.97 Å². The molecule has 22 heavy (non-hydrogen) atoms. The average Bonchev–Trinajstić information content (AvgIpc) is 2.86. The van der Waals surface area contributed by atoms with Gasteiger partial charge in [0.2, 0.25) is 5.95 Å². The standard InChI is InChI=1S/C14H20BF2N3O2/c1-12(2)13(3,4)22-15(21-12)10-7-18-11(19-8-10)20-6-5-14(16,17)9-20/h7-8H,5-6,9H2,1-4H3/i7D,8D. The summed E-state index contributed by atoms with van der Waals surface area (Å²) in [7, 11) is -0.927. The third-order valence-electron chi connectivity index (χ3n) is 4.49. The van der Waals surface area contributed by atoms with Crippen molar-refractivity contribution in [1.29, 1.82) is 0 Å². The van der Waals surface area contributed by atoms with E-state index in [1.54, 1.807) is 0 Å². The molecule has 0 spiro atoms. The lowest BCUT2D eigenvalue weighted by Crippen LogP contribution is -2.41. The van der Waals surface area contributed by atoms with Gasteiger partial charge in [-0.3, -0.25) is 0 Å². The van der Waals surface area contributed by atoms with Gasteiger partial charge >= 0.3 is 7.12 Å². The van der Waals surface area contributed by atoms with Crippen molar-refractivity contribution in [3.8, 4) is 0 Å². The van der Waals surface area contributed by atoms with Crippen LogP contribution in [0.1, 0.15) is 36.9 Å². The van der Waals surface area contributed by atoms with E-state index >= 15 is 0 Å². The van der Waals surface area contributed by atoms with Crippen molar-refractivity contribution in [2.75, 3.05) is 18.0 Å². The molecule has 0 saturated carbocycles. The van der Waals surface area contributed by atoms with E-state index in [0.29, 0.717) is 0 Å². The van der Waals surface area contributed by atoms with Crippen molar-refractivity contribution in [3.05, 3.63) is 12.3 Å². The maximum Gasteiger partial charge on any atom is 0.498 e. The molecule has 120 valence electrons. The zero-order valence-electron chi connectivity index (χ0n) is 15.1. The molecule has 3 heterocycles. The Morgan fingerprint density at radius 2 is 1.73 bits per heavy atom. The van der Waals surface area contributed by atoms with Gasteiger partial charge in [-0.15, -0.1) is 0 Å². The fraction of sp³-hybridized carbons (Fsp3) is 0.714. The van der Waals surface area contributed by atoms with Gasteiger partial charge in [0.1, 0.15) is 0 Å². The van der Waals surface area contributed by atoms with Gasteiger partial charge in [-0.05, 0) is 27.7 Å². The minimum atomic E-state index is -2.79. The van der Waals surface area contributed by atoms with E-state index in [9.17, 15) is 8.78 Å². The summed E-state index contributed by atoms with van der Waals surface area (Å²) >= 11 is 0. The van der Waals surface area contributed by atoms with Gasteiger partial charge in [0.25, 0.3) is 5.92 Å². The van der Waals surface area contributed by atoms with Crippen LogP contribution in [-0.2, 0) is 9.31 Å². The summed E-state index contributed by atoms with van der Waals surface area (Å²) < 4.78 is 54.5. The molecular weight excluding hydrogens is 291 g/mol. The second-order valence-electron chi connectivity index (χ2n) is 6.78. The molecule has 2 fully saturated rings. The van der Waals surface area contributed by atoms with Crippen LogP contribution in [0.2, 0.25) is 0 Å². The Hall–Kier alpha value is -1.28. The Morgan fingerprint density at radius 1 is 1.18 bits per heavy atom. The maximum absolute atomic E-state index is 13.3. The Balaban J connectivity index is 1.90. The lowest BCUT2D eigenvalue weighted by Gasteiger charge is -2.32. The summed E-state index contributed by atoms with van der Waals surface area (Å²) in [6.45, 7) is 7.05. The molecule has 0 atom stereocenters. The highest BCUT2D eigenvalue weighted by Crippen LogP contribution is 2.36. The molecule has 0 aromatic carbocycles. The monoisotopic (exact) mass is 313 g/mol. The molecule has 2 aliphatic rings. The molecule has 0 amide bonds. The van der Waals surface area contributed by atoms with Gasteiger partial charge in [0.05, 0.1) is 20.5 Å². The normalized spacial score (nSPS) is 27.0. The number of nitrogens with zero attached hydrogens (tertiary/aromatic N) is 3. The van der Waals surface area contributed by atoms with Crippen LogP contribution in [0.3, 0.4) is 0 Å². The van der Waals surface area contributed by atoms with E-state index in [1.165, 1.54) is 4.90 Å². The fourth-order valence-corrected chi connectivity index (χ4v) is 2.38. The minimum absolute atomic E-state index is 0.0255. The quantitative estimate of drug-likeness (QED) is 0.777. The Labute approximate surface area is 132 Å². The van der Waals surface area contributed by atoms with Crippen molar-refractivity contribution < 1.29 is 20.8 Å². The van der Waals surface area contributed by atoms with Crippen LogP contribution in [0.15, 0.2) is 12.3 Å². The third kappa shape index (κ3) is 2.69. The molecule has 0 unspecified atom stereocenters. The van der Waals surface area contributed by atoms with Crippen molar-refractivity contribution >= 4 is 18.5 Å². The zero-order valence-corrected chi connectivity index (χ0v) is 13.1. The fourth-order valence-electron chi connectivity index (χ4n) is 2.38. The van der Waals surface area contributed by atoms with Crippen LogP contribution < -0.4 is 10.4 Å². The minimum Gasteiger partial charge on any atom is -0.399 e. The van der Waals surface area contributed by atoms with Crippen LogP contribution in [0.5, 0.6) is 0 Å². The van der Waals surface area contributed by atoms with Crippen LogP contribution in [0, 0.1) is 0 Å². The molecule has 0 bridgehead atoms. The summed E-state index contributed by atoms with van der Waals surface area (Å²) in [5.74, 6) is -2.82. The molecule has 1 aromatic rings. The molecule has 0 aliphatic carbocycles. The first kappa shape index (κ1) is 13.2. The van der Waals surface area contributed by atoms with Crippen LogP contribution in [-0.4, -0.2) is 47.3 Å². The summed E-state index contributed by atoms with van der Waals surface area (Å²) in [4.78, 5) is 9.28. The van der Waals surface area contributed by atoms with Gasteiger partial charge in [0, 0.05) is 30.8 Å². The molecule has 2 aliphatic heterocycles. The Bertz CT molecular complexity index is 636. The van der Waals surface area contributed by atoms with E-state index < -0.39 is 30.8 Å². The van der Waals surface area contributed by atoms with E-state index in [-0.39, 0.29) is 36.7 Å². The topological polar surface area (TPSA) is 47.5 Å². The van der Waals surface area contributed by atoms with Crippen LogP contribution in [0.25, 0.3) is 0 Å². The predicted molar refractivity (Wildman–Crippen MR) is 79.5 cm³/mol. The zero-order chi connectivity index (χ0) is 17.9. The van der Waals surface area contributed by atoms with Gasteiger partial charge in [-0.2, -0.15) is 0 Å². The molecule has 5 nitrogen and oxygen atoms in total. The van der Waals surface area contributed by atoms with Crippen LogP contribution in [0.4, 0.5) is 14.7 Å². The number of hydrogen-bond acceptors (Lipinski definition) is 5. The van der Waals surface area contributed by atoms with Crippen LogP contribution >= 0.6 is 0 Å². The summed E-state index contributed by atoms with van der Waals surface area (Å²) in [5, 5.41) is 0. The molecule has 0 N–H and O–H groups in total. The van der Waals surface area contributed by atoms with E-state index in [1.807, 2.05) is 27.7 Å². The van der Waals surface area contributed by atoms with Gasteiger partial charge in [-0.1, -0.05) is 0 Å². The van der Waals surface area contributed by atoms with E-state index in [0.717, 1.165) is 0 Å². The first-order chi connectivity index (χ1) is 10.9. The summed E-state index contributed by atoms with van der Waals surface area (Å²) in [6, 6.07) is 0. The van der Waals surface area contributed by atoms with Crippen molar-refractivity contribution in [2.45, 2.75) is 51.2 Å². The third-order valence-corrected chi connectivity index (χ3v) is 4.49. The number of alkyl halides is 2. The Kier molecular flexibility index (Phi) is 2.91. The number of anilines is 1. The smallest absolute Gasteiger partial charge is 0.399 e. The Morgan fingerprint density at radius 3 is 2.18 bits per heavy atom. The maximum atomic E-state index is 13.3. The SMILES string of the molecule is [2H]c1nc(N2CCC(F)(F)C2)nc([2H])c1B1OC(C)(C)C(C)(C)O1. The van der Waals surface area contributed by atoms with Gasteiger partial charge in [0.15, 0.2) is 0 Å². The lowest BCUT2D eigenvalue weighted by molar-refractivity contribution is 0.00578. The number of rotatable bonds is 2. The highest BCUT2D eigenvalue weighted by Gasteiger charge is 2.52. The highest BCUT2D eigenvalue weighted by molar-refractivity contribution is 6.61. The van der Waals surface area contributed by atoms with E-state index in [4.69, 9.17) is 12.1 Å². The lowest BCUT2D eigenvalue weighted by atomic mass is 9.81. The number of halogens is 2.